The van der Waals surface area contributed by atoms with Crippen molar-refractivity contribution >= 4 is 18.4 Å². The van der Waals surface area contributed by atoms with Crippen molar-refractivity contribution in [2.45, 2.75) is 6.92 Å². The first kappa shape index (κ1) is 11.1. The average Bonchev–Trinajstić information content (AvgIpc) is 1.67. The molecule has 0 radical (unpaired) electrons. The van der Waals surface area contributed by atoms with Crippen LogP contribution in [0.5, 0.6) is 0 Å². The molecule has 0 aliphatic carbocycles. The summed E-state index contributed by atoms with van der Waals surface area (Å²) in [5, 5.41) is 0. The predicted octanol–water partition coefficient (Wildman–Crippen LogP) is 0.444. The Morgan fingerprint density at radius 2 is 2.22 bits per heavy atom. The largest absolute Gasteiger partial charge is 0.461 e. The number of carbonyl (C=O) groups is 1. The molecule has 0 aromatic heterocycles. The Morgan fingerprint density at radius 3 is 2.33 bits per heavy atom. The van der Waals surface area contributed by atoms with E-state index in [1.807, 2.05) is 0 Å². The Morgan fingerprint density at radius 1 is 1.78 bits per heavy atom. The zero-order valence-corrected chi connectivity index (χ0v) is 6.03. The highest BCUT2D eigenvalue weighted by Crippen LogP contribution is 1.82. The molecule has 9 heavy (non-hydrogen) atoms. The summed E-state index contributed by atoms with van der Waals surface area (Å²) in [6, 6.07) is 0. The van der Waals surface area contributed by atoms with Gasteiger partial charge < -0.3 is 10.5 Å². The predicted molar refractivity (Wildman–Crippen MR) is 37.2 cm³/mol. The van der Waals surface area contributed by atoms with E-state index in [4.69, 9.17) is 5.73 Å². The van der Waals surface area contributed by atoms with Crippen LogP contribution in [0.2, 0.25) is 0 Å². The van der Waals surface area contributed by atoms with Gasteiger partial charge in [0.1, 0.15) is 5.70 Å². The van der Waals surface area contributed by atoms with Gasteiger partial charge >= 0.3 is 5.97 Å². The third kappa shape index (κ3) is 5.17. The summed E-state index contributed by atoms with van der Waals surface area (Å²) in [4.78, 5) is 10.3. The molecule has 0 aliphatic rings. The maximum atomic E-state index is 10.3. The van der Waals surface area contributed by atoms with E-state index in [1.165, 1.54) is 0 Å². The molecule has 0 rings (SSSR count). The normalized spacial score (nSPS) is 7.22. The first-order chi connectivity index (χ1) is 3.68. The number of ether oxygens (including phenoxy) is 1. The van der Waals surface area contributed by atoms with Crippen LogP contribution in [-0.2, 0) is 9.53 Å². The molecule has 4 heteroatoms. The molecule has 0 saturated carbocycles. The molecule has 0 bridgehead atoms. The van der Waals surface area contributed by atoms with Gasteiger partial charge in [-0.3, -0.25) is 0 Å². The van der Waals surface area contributed by atoms with E-state index in [1.54, 1.807) is 6.92 Å². The van der Waals surface area contributed by atoms with Crippen LogP contribution < -0.4 is 5.73 Å². The molecule has 3 nitrogen and oxygen atoms in total. The second kappa shape index (κ2) is 5.44. The zero-order valence-electron chi connectivity index (χ0n) is 5.22. The van der Waals surface area contributed by atoms with E-state index in [2.05, 4.69) is 11.3 Å². The molecule has 0 fully saturated rings. The molecule has 54 valence electrons. The molecule has 0 saturated heterocycles. The van der Waals surface area contributed by atoms with Crippen LogP contribution >= 0.6 is 12.4 Å². The lowest BCUT2D eigenvalue weighted by atomic mass is 10.5. The standard InChI is InChI=1S/C5H9NO2.ClH/c1-3-8-5(7)4(2)6;/h2-3,6H2,1H3;1H. The summed E-state index contributed by atoms with van der Waals surface area (Å²) < 4.78 is 4.44. The highest BCUT2D eigenvalue weighted by molar-refractivity contribution is 5.86. The third-order valence-corrected chi connectivity index (χ3v) is 0.538. The monoisotopic (exact) mass is 151 g/mol. The second-order valence-electron chi connectivity index (χ2n) is 1.25. The molecule has 0 aliphatic heterocycles. The number of halogens is 1. The smallest absolute Gasteiger partial charge is 0.353 e. The van der Waals surface area contributed by atoms with Crippen LogP contribution in [0.15, 0.2) is 12.3 Å². The van der Waals surface area contributed by atoms with Gasteiger partial charge in [0.05, 0.1) is 6.61 Å². The first-order valence-corrected chi connectivity index (χ1v) is 2.30. The Hall–Kier alpha value is -0.700. The van der Waals surface area contributed by atoms with Gasteiger partial charge in [-0.1, -0.05) is 6.58 Å². The Kier molecular flexibility index (Phi) is 6.73. The minimum atomic E-state index is -0.535. The van der Waals surface area contributed by atoms with Crippen LogP contribution in [0.3, 0.4) is 0 Å². The van der Waals surface area contributed by atoms with Crippen LogP contribution in [0.1, 0.15) is 6.92 Å². The van der Waals surface area contributed by atoms with Gasteiger partial charge in [-0.15, -0.1) is 12.4 Å². The van der Waals surface area contributed by atoms with E-state index in [0.717, 1.165) is 0 Å². The fourth-order valence-electron chi connectivity index (χ4n) is 0.224. The fourth-order valence-corrected chi connectivity index (χ4v) is 0.224. The number of carbonyl (C=O) groups excluding carboxylic acids is 1. The van der Waals surface area contributed by atoms with E-state index < -0.39 is 5.97 Å². The summed E-state index contributed by atoms with van der Waals surface area (Å²) in [6.07, 6.45) is 0. The summed E-state index contributed by atoms with van der Waals surface area (Å²) in [6.45, 7) is 5.23. The second-order valence-corrected chi connectivity index (χ2v) is 1.25. The molecule has 0 unspecified atom stereocenters. The lowest BCUT2D eigenvalue weighted by Gasteiger charge is -1.96. The van der Waals surface area contributed by atoms with Crippen LogP contribution in [-0.4, -0.2) is 12.6 Å². The van der Waals surface area contributed by atoms with Gasteiger partial charge in [0.25, 0.3) is 0 Å². The van der Waals surface area contributed by atoms with Crippen molar-refractivity contribution in [2.75, 3.05) is 6.61 Å². The minimum Gasteiger partial charge on any atom is -0.461 e. The van der Waals surface area contributed by atoms with Crippen molar-refractivity contribution in [3.63, 3.8) is 0 Å². The van der Waals surface area contributed by atoms with Crippen LogP contribution in [0.25, 0.3) is 0 Å². The minimum absolute atomic E-state index is 0. The Bertz CT molecular complexity index is 114. The fraction of sp³-hybridized carbons (Fsp3) is 0.400. The van der Waals surface area contributed by atoms with Crippen molar-refractivity contribution in [3.05, 3.63) is 12.3 Å². The van der Waals surface area contributed by atoms with E-state index in [-0.39, 0.29) is 18.1 Å². The quantitative estimate of drug-likeness (QED) is 0.461. The molecular formula is C5H10ClNO2. The number of hydrogen-bond acceptors (Lipinski definition) is 3. The lowest BCUT2D eigenvalue weighted by molar-refractivity contribution is -0.138. The van der Waals surface area contributed by atoms with Gasteiger partial charge in [-0.25, -0.2) is 4.79 Å². The molecular weight excluding hydrogens is 142 g/mol. The number of rotatable bonds is 2. The highest BCUT2D eigenvalue weighted by atomic mass is 35.5. The van der Waals surface area contributed by atoms with Crippen molar-refractivity contribution in [1.82, 2.24) is 0 Å². The van der Waals surface area contributed by atoms with Gasteiger partial charge in [0.2, 0.25) is 0 Å². The molecule has 2 N–H and O–H groups in total. The van der Waals surface area contributed by atoms with Gasteiger partial charge in [-0.2, -0.15) is 0 Å². The van der Waals surface area contributed by atoms with Gasteiger partial charge in [-0.05, 0) is 6.92 Å². The van der Waals surface area contributed by atoms with Gasteiger partial charge in [0, 0.05) is 0 Å². The van der Waals surface area contributed by atoms with Crippen molar-refractivity contribution in [1.29, 1.82) is 0 Å². The van der Waals surface area contributed by atoms with Crippen molar-refractivity contribution < 1.29 is 9.53 Å². The first-order valence-electron chi connectivity index (χ1n) is 2.30. The number of hydrogen-bond donors (Lipinski definition) is 1. The van der Waals surface area contributed by atoms with E-state index in [0.29, 0.717) is 6.61 Å². The molecule has 0 heterocycles. The van der Waals surface area contributed by atoms with Gasteiger partial charge in [0.15, 0.2) is 0 Å². The number of esters is 1. The third-order valence-electron chi connectivity index (χ3n) is 0.538. The zero-order chi connectivity index (χ0) is 6.57. The molecule has 0 atom stereocenters. The maximum absolute atomic E-state index is 10.3. The van der Waals surface area contributed by atoms with Crippen molar-refractivity contribution in [3.8, 4) is 0 Å². The van der Waals surface area contributed by atoms with E-state index in [9.17, 15) is 4.79 Å². The Labute approximate surface area is 60.3 Å². The summed E-state index contributed by atoms with van der Waals surface area (Å²) in [5.74, 6) is -0.535. The number of nitrogens with two attached hydrogens (primary N) is 1. The molecule has 0 aromatic carbocycles. The molecule has 0 spiro atoms. The SMILES string of the molecule is C=C(N)C(=O)OCC.Cl. The summed E-state index contributed by atoms with van der Waals surface area (Å²) in [5.41, 5.74) is 4.90. The Balaban J connectivity index is 0. The van der Waals surface area contributed by atoms with Crippen LogP contribution in [0, 0.1) is 0 Å². The summed E-state index contributed by atoms with van der Waals surface area (Å²) >= 11 is 0. The maximum Gasteiger partial charge on any atom is 0.353 e. The van der Waals surface area contributed by atoms with Crippen LogP contribution in [0.4, 0.5) is 0 Å². The van der Waals surface area contributed by atoms with Crippen molar-refractivity contribution in [2.24, 2.45) is 5.73 Å². The molecule has 0 aromatic rings. The summed E-state index contributed by atoms with van der Waals surface area (Å²) in [7, 11) is 0. The average molecular weight is 152 g/mol. The molecule has 0 amide bonds. The topological polar surface area (TPSA) is 52.3 Å². The lowest BCUT2D eigenvalue weighted by Crippen LogP contribution is -2.12. The van der Waals surface area contributed by atoms with E-state index >= 15 is 0 Å². The highest BCUT2D eigenvalue weighted by Gasteiger charge is 1.99.